The number of nitrogens with one attached hydrogen (secondary N) is 3. The molecular formula is C16H26N4O. The molecule has 0 radical (unpaired) electrons. The van der Waals surface area contributed by atoms with Gasteiger partial charge in [-0.05, 0) is 26.3 Å². The molecule has 0 saturated carbocycles. The van der Waals surface area contributed by atoms with Gasteiger partial charge in [-0.1, -0.05) is 30.3 Å². The molecule has 0 saturated heterocycles. The van der Waals surface area contributed by atoms with Gasteiger partial charge in [0.25, 0.3) is 0 Å². The van der Waals surface area contributed by atoms with Crippen LogP contribution in [-0.2, 0) is 4.79 Å². The maximum absolute atomic E-state index is 11.6. The normalized spacial score (nSPS) is 12.9. The molecule has 0 heterocycles. The Morgan fingerprint density at radius 1 is 1.14 bits per heavy atom. The predicted molar refractivity (Wildman–Crippen MR) is 87.3 cm³/mol. The minimum absolute atomic E-state index is 0.0454. The van der Waals surface area contributed by atoms with Crippen molar-refractivity contribution in [1.29, 1.82) is 0 Å². The molecule has 1 aromatic rings. The summed E-state index contributed by atoms with van der Waals surface area (Å²) in [7, 11) is 1.72. The lowest BCUT2D eigenvalue weighted by molar-refractivity contribution is -0.121. The number of carbonyl (C=O) groups excluding carboxylic acids is 1. The molecule has 0 aliphatic rings. The zero-order valence-corrected chi connectivity index (χ0v) is 13.3. The highest BCUT2D eigenvalue weighted by Gasteiger charge is 2.08. The summed E-state index contributed by atoms with van der Waals surface area (Å²) in [4.78, 5) is 15.7. The molecule has 116 valence electrons. The van der Waals surface area contributed by atoms with Crippen molar-refractivity contribution in [2.75, 3.05) is 13.6 Å². The third-order valence-electron chi connectivity index (χ3n) is 2.97. The number of nitrogens with zero attached hydrogens (tertiary/aromatic N) is 1. The molecule has 5 heteroatoms. The van der Waals surface area contributed by atoms with Gasteiger partial charge >= 0.3 is 0 Å². The number of rotatable bonds is 6. The molecule has 1 amide bonds. The van der Waals surface area contributed by atoms with E-state index < -0.39 is 0 Å². The van der Waals surface area contributed by atoms with Crippen LogP contribution in [0.25, 0.3) is 0 Å². The molecule has 0 aliphatic heterocycles. The number of guanidine groups is 1. The van der Waals surface area contributed by atoms with Gasteiger partial charge in [0.1, 0.15) is 0 Å². The van der Waals surface area contributed by atoms with Crippen LogP contribution in [0.5, 0.6) is 0 Å². The molecular weight excluding hydrogens is 264 g/mol. The first-order valence-corrected chi connectivity index (χ1v) is 7.34. The average Bonchev–Trinajstić information content (AvgIpc) is 2.46. The van der Waals surface area contributed by atoms with Crippen LogP contribution in [-0.4, -0.2) is 31.5 Å². The third kappa shape index (κ3) is 6.79. The zero-order valence-electron chi connectivity index (χ0n) is 13.3. The summed E-state index contributed by atoms with van der Waals surface area (Å²) in [5, 5.41) is 9.32. The first-order valence-electron chi connectivity index (χ1n) is 7.34. The van der Waals surface area contributed by atoms with Gasteiger partial charge in [-0.2, -0.15) is 0 Å². The Labute approximate surface area is 127 Å². The summed E-state index contributed by atoms with van der Waals surface area (Å²) in [6, 6.07) is 10.5. The summed E-state index contributed by atoms with van der Waals surface area (Å²) in [6.45, 7) is 6.54. The van der Waals surface area contributed by atoms with Crippen LogP contribution < -0.4 is 16.0 Å². The topological polar surface area (TPSA) is 65.5 Å². The van der Waals surface area contributed by atoms with E-state index in [1.807, 2.05) is 32.0 Å². The fraction of sp³-hybridized carbons (Fsp3) is 0.500. The van der Waals surface area contributed by atoms with Crippen molar-refractivity contribution in [2.45, 2.75) is 39.3 Å². The summed E-state index contributed by atoms with van der Waals surface area (Å²) in [5.74, 6) is 0.743. The van der Waals surface area contributed by atoms with Crippen molar-refractivity contribution in [3.05, 3.63) is 35.9 Å². The lowest BCUT2D eigenvalue weighted by Gasteiger charge is -2.18. The monoisotopic (exact) mass is 290 g/mol. The van der Waals surface area contributed by atoms with Crippen molar-refractivity contribution in [2.24, 2.45) is 4.99 Å². The second-order valence-corrected chi connectivity index (χ2v) is 5.25. The van der Waals surface area contributed by atoms with Crippen LogP contribution in [0, 0.1) is 0 Å². The second kappa shape index (κ2) is 9.00. The van der Waals surface area contributed by atoms with Gasteiger partial charge in [-0.25, -0.2) is 0 Å². The Balaban J connectivity index is 2.37. The van der Waals surface area contributed by atoms with Crippen molar-refractivity contribution >= 4 is 11.9 Å². The smallest absolute Gasteiger partial charge is 0.221 e. The Bertz CT molecular complexity index is 457. The Hall–Kier alpha value is -2.04. The molecule has 1 unspecified atom stereocenters. The molecule has 0 spiro atoms. The molecule has 0 fully saturated rings. The van der Waals surface area contributed by atoms with Gasteiger partial charge in [0.15, 0.2) is 5.96 Å². The average molecular weight is 290 g/mol. The molecule has 1 rings (SSSR count). The number of aliphatic imine (C=N–C) groups is 1. The van der Waals surface area contributed by atoms with E-state index in [2.05, 4.69) is 40.0 Å². The summed E-state index contributed by atoms with van der Waals surface area (Å²) >= 11 is 0. The molecule has 21 heavy (non-hydrogen) atoms. The fourth-order valence-corrected chi connectivity index (χ4v) is 1.91. The van der Waals surface area contributed by atoms with Crippen LogP contribution in [0.3, 0.4) is 0 Å². The van der Waals surface area contributed by atoms with Crippen molar-refractivity contribution in [3.63, 3.8) is 0 Å². The van der Waals surface area contributed by atoms with Gasteiger partial charge < -0.3 is 16.0 Å². The lowest BCUT2D eigenvalue weighted by atomic mass is 10.1. The zero-order chi connectivity index (χ0) is 15.7. The highest BCUT2D eigenvalue weighted by molar-refractivity contribution is 5.81. The number of carbonyl (C=O) groups is 1. The summed E-state index contributed by atoms with van der Waals surface area (Å²) in [6.07, 6.45) is 0.429. The van der Waals surface area contributed by atoms with Gasteiger partial charge in [0, 0.05) is 26.1 Å². The lowest BCUT2D eigenvalue weighted by Crippen LogP contribution is -2.41. The van der Waals surface area contributed by atoms with E-state index >= 15 is 0 Å². The SMILES string of the molecule is CN=C(NCCC(=O)NC(C)C)NC(C)c1ccccc1. The number of amides is 1. The minimum atomic E-state index is 0.0454. The molecule has 0 bridgehead atoms. The van der Waals surface area contributed by atoms with E-state index in [1.165, 1.54) is 5.56 Å². The Morgan fingerprint density at radius 3 is 2.38 bits per heavy atom. The van der Waals surface area contributed by atoms with Crippen LogP contribution in [0.15, 0.2) is 35.3 Å². The van der Waals surface area contributed by atoms with E-state index in [4.69, 9.17) is 0 Å². The van der Waals surface area contributed by atoms with E-state index in [0.29, 0.717) is 18.9 Å². The highest BCUT2D eigenvalue weighted by Crippen LogP contribution is 2.10. The first-order chi connectivity index (χ1) is 10.0. The summed E-state index contributed by atoms with van der Waals surface area (Å²) < 4.78 is 0. The Kier molecular flexibility index (Phi) is 7.29. The first kappa shape index (κ1) is 17.0. The van der Waals surface area contributed by atoms with Crippen molar-refractivity contribution in [1.82, 2.24) is 16.0 Å². The van der Waals surface area contributed by atoms with Crippen molar-refractivity contribution in [3.8, 4) is 0 Å². The number of benzene rings is 1. The van der Waals surface area contributed by atoms with Crippen LogP contribution in [0.2, 0.25) is 0 Å². The van der Waals surface area contributed by atoms with E-state index in [0.717, 1.165) is 0 Å². The fourth-order valence-electron chi connectivity index (χ4n) is 1.91. The molecule has 0 aromatic heterocycles. The quantitative estimate of drug-likeness (QED) is 0.553. The van der Waals surface area contributed by atoms with Crippen LogP contribution >= 0.6 is 0 Å². The predicted octanol–water partition coefficient (Wildman–Crippen LogP) is 1.83. The van der Waals surface area contributed by atoms with Gasteiger partial charge in [0.2, 0.25) is 5.91 Å². The highest BCUT2D eigenvalue weighted by atomic mass is 16.1. The summed E-state index contributed by atoms with van der Waals surface area (Å²) in [5.41, 5.74) is 1.19. The molecule has 3 N–H and O–H groups in total. The minimum Gasteiger partial charge on any atom is -0.356 e. The largest absolute Gasteiger partial charge is 0.356 e. The molecule has 1 aromatic carbocycles. The molecule has 1 atom stereocenters. The van der Waals surface area contributed by atoms with E-state index in [1.54, 1.807) is 7.05 Å². The van der Waals surface area contributed by atoms with Crippen LogP contribution in [0.4, 0.5) is 0 Å². The molecule has 5 nitrogen and oxygen atoms in total. The van der Waals surface area contributed by atoms with Crippen LogP contribution in [0.1, 0.15) is 38.8 Å². The standard InChI is InChI=1S/C16H26N4O/c1-12(2)19-15(21)10-11-18-16(17-4)20-13(3)14-8-6-5-7-9-14/h5-9,12-13H,10-11H2,1-4H3,(H,19,21)(H2,17,18,20). The maximum Gasteiger partial charge on any atom is 0.221 e. The number of hydrogen-bond donors (Lipinski definition) is 3. The third-order valence-corrected chi connectivity index (χ3v) is 2.97. The van der Waals surface area contributed by atoms with Gasteiger partial charge in [-0.3, -0.25) is 9.79 Å². The van der Waals surface area contributed by atoms with E-state index in [9.17, 15) is 4.79 Å². The van der Waals surface area contributed by atoms with Gasteiger partial charge in [-0.15, -0.1) is 0 Å². The molecule has 0 aliphatic carbocycles. The maximum atomic E-state index is 11.6. The Morgan fingerprint density at radius 2 is 1.81 bits per heavy atom. The van der Waals surface area contributed by atoms with Gasteiger partial charge in [0.05, 0.1) is 6.04 Å². The van der Waals surface area contributed by atoms with Crippen molar-refractivity contribution < 1.29 is 4.79 Å². The van der Waals surface area contributed by atoms with E-state index in [-0.39, 0.29) is 18.0 Å². The number of hydrogen-bond acceptors (Lipinski definition) is 2. The second-order valence-electron chi connectivity index (χ2n) is 5.25.